The zero-order chi connectivity index (χ0) is 28.8. The summed E-state index contributed by atoms with van der Waals surface area (Å²) in [5.74, 6) is 1.19. The van der Waals surface area contributed by atoms with Crippen molar-refractivity contribution in [2.75, 3.05) is 75.5 Å². The van der Waals surface area contributed by atoms with E-state index in [0.717, 1.165) is 63.5 Å². The second-order valence-corrected chi connectivity index (χ2v) is 12.1. The molecule has 1 aromatic heterocycles. The molecule has 41 heavy (non-hydrogen) atoms. The van der Waals surface area contributed by atoms with Crippen molar-refractivity contribution in [3.05, 3.63) is 48.8 Å². The van der Waals surface area contributed by atoms with Gasteiger partial charge in [0.15, 0.2) is 0 Å². The Morgan fingerprint density at radius 1 is 0.927 bits per heavy atom. The Bertz CT molecular complexity index is 1420. The van der Waals surface area contributed by atoms with Gasteiger partial charge in [-0.25, -0.2) is 23.1 Å². The molecular weight excluding hydrogens is 542 g/mol. The number of para-hydroxylation sites is 1. The van der Waals surface area contributed by atoms with Crippen molar-refractivity contribution in [1.29, 1.82) is 0 Å². The lowest BCUT2D eigenvalue weighted by atomic mass is 10.0. The van der Waals surface area contributed by atoms with Crippen LogP contribution in [0.4, 0.5) is 29.0 Å². The van der Waals surface area contributed by atoms with Crippen LogP contribution in [0.25, 0.3) is 0 Å². The number of piperidine rings is 1. The van der Waals surface area contributed by atoms with Crippen molar-refractivity contribution in [1.82, 2.24) is 29.5 Å². The van der Waals surface area contributed by atoms with Crippen LogP contribution in [-0.2, 0) is 10.0 Å². The minimum Gasteiger partial charge on any atom is -0.494 e. The Labute approximate surface area is 242 Å². The zero-order valence-corrected chi connectivity index (χ0v) is 24.7. The predicted octanol–water partition coefficient (Wildman–Crippen LogP) is 2.88. The van der Waals surface area contributed by atoms with Crippen molar-refractivity contribution in [3.8, 4) is 5.75 Å². The topological polar surface area (TPSA) is 128 Å². The highest BCUT2D eigenvalue weighted by atomic mass is 32.2. The summed E-state index contributed by atoms with van der Waals surface area (Å²) < 4.78 is 33.5. The van der Waals surface area contributed by atoms with E-state index in [-0.39, 0.29) is 17.4 Å². The van der Waals surface area contributed by atoms with Crippen LogP contribution in [0.1, 0.15) is 19.8 Å². The molecule has 2 aliphatic heterocycles. The first-order chi connectivity index (χ1) is 19.9. The maximum absolute atomic E-state index is 12.6. The fourth-order valence-corrected chi connectivity index (χ4v) is 6.59. The van der Waals surface area contributed by atoms with Crippen molar-refractivity contribution in [3.63, 3.8) is 0 Å². The number of ether oxygens (including phenoxy) is 1. The van der Waals surface area contributed by atoms with Crippen LogP contribution in [0.2, 0.25) is 0 Å². The van der Waals surface area contributed by atoms with E-state index in [1.54, 1.807) is 32.2 Å². The Morgan fingerprint density at radius 2 is 1.61 bits per heavy atom. The molecule has 0 atom stereocenters. The summed E-state index contributed by atoms with van der Waals surface area (Å²) in [6.07, 6.45) is 3.68. The Balaban J connectivity index is 1.25. The molecule has 0 bridgehead atoms. The fraction of sp³-hybridized carbons (Fsp3) is 0.464. The van der Waals surface area contributed by atoms with Crippen molar-refractivity contribution in [2.45, 2.75) is 30.7 Å². The van der Waals surface area contributed by atoms with Gasteiger partial charge in [0.1, 0.15) is 17.0 Å². The number of nitrogens with zero attached hydrogens (tertiary/aromatic N) is 6. The van der Waals surface area contributed by atoms with Gasteiger partial charge in [0.05, 0.1) is 18.5 Å². The van der Waals surface area contributed by atoms with Gasteiger partial charge in [-0.05, 0) is 44.2 Å². The third-order valence-corrected chi connectivity index (χ3v) is 9.25. The van der Waals surface area contributed by atoms with Crippen LogP contribution < -0.4 is 25.0 Å². The first-order valence-corrected chi connectivity index (χ1v) is 15.5. The van der Waals surface area contributed by atoms with Crippen molar-refractivity contribution < 1.29 is 13.2 Å². The summed E-state index contributed by atoms with van der Waals surface area (Å²) in [5, 5.41) is 6.22. The lowest BCUT2D eigenvalue weighted by molar-refractivity contribution is 0.0982. The third-order valence-electron chi connectivity index (χ3n) is 7.64. The first-order valence-electron chi connectivity index (χ1n) is 14.0. The maximum atomic E-state index is 12.6. The van der Waals surface area contributed by atoms with Gasteiger partial charge in [-0.3, -0.25) is 4.90 Å². The Morgan fingerprint density at radius 3 is 2.29 bits per heavy atom. The Hall–Kier alpha value is -3.52. The average Bonchev–Trinajstić information content (AvgIpc) is 2.98. The minimum atomic E-state index is -3.68. The highest BCUT2D eigenvalue weighted by Crippen LogP contribution is 2.33. The smallest absolute Gasteiger partial charge is 0.242 e. The number of methoxy groups -OCH3 is 1. The van der Waals surface area contributed by atoms with Gasteiger partial charge in [0, 0.05) is 63.6 Å². The van der Waals surface area contributed by atoms with Crippen LogP contribution >= 0.6 is 0 Å². The SMILES string of the molecule is CCNS(=O)(=O)c1ccccc1Nc1ncnc(Nc2ccc(N3CCC(N4CCN(C)CC4)CC3)cc2OC)n1. The largest absolute Gasteiger partial charge is 0.494 e. The standard InChI is InChI=1S/C28H39N9O3S/c1-4-31-41(38,39)26-8-6-5-7-24(26)33-28-30-20-29-27(34-28)32-23-10-9-22(19-25(23)40-3)36-13-11-21(12-14-36)37-17-15-35(2)16-18-37/h5-10,19-21,31H,4,11-18H2,1-3H3,(H2,29,30,32,33,34). The number of hydrogen-bond acceptors (Lipinski definition) is 11. The molecule has 13 heteroatoms. The number of hydrogen-bond donors (Lipinski definition) is 3. The van der Waals surface area contributed by atoms with Crippen molar-refractivity contribution in [2.24, 2.45) is 0 Å². The highest BCUT2D eigenvalue weighted by Gasteiger charge is 2.27. The summed E-state index contributed by atoms with van der Waals surface area (Å²) in [6, 6.07) is 13.4. The minimum absolute atomic E-state index is 0.113. The second kappa shape index (κ2) is 13.0. The number of likely N-dealkylation sites (N-methyl/N-ethyl adjacent to an activating group) is 1. The second-order valence-electron chi connectivity index (χ2n) is 10.3. The fourth-order valence-electron chi connectivity index (χ4n) is 5.39. The van der Waals surface area contributed by atoms with Gasteiger partial charge in [-0.15, -0.1) is 0 Å². The molecule has 3 aromatic rings. The molecule has 0 unspecified atom stereocenters. The van der Waals surface area contributed by atoms with Crippen LogP contribution in [0, 0.1) is 0 Å². The van der Waals surface area contributed by atoms with Crippen LogP contribution in [0.5, 0.6) is 5.75 Å². The van der Waals surface area contributed by atoms with Crippen LogP contribution in [-0.4, -0.2) is 99.2 Å². The van der Waals surface area contributed by atoms with E-state index in [1.807, 2.05) is 12.1 Å². The molecule has 12 nitrogen and oxygen atoms in total. The predicted molar refractivity (Wildman–Crippen MR) is 161 cm³/mol. The average molecular weight is 582 g/mol. The van der Waals surface area contributed by atoms with Gasteiger partial charge in [-0.1, -0.05) is 19.1 Å². The number of anilines is 5. The normalized spacial score (nSPS) is 17.4. The summed E-state index contributed by atoms with van der Waals surface area (Å²) in [6.45, 7) is 8.66. The van der Waals surface area contributed by atoms with Gasteiger partial charge < -0.3 is 25.2 Å². The molecular formula is C28H39N9O3S. The van der Waals surface area contributed by atoms with Gasteiger partial charge >= 0.3 is 0 Å². The molecule has 2 aromatic carbocycles. The molecule has 3 N–H and O–H groups in total. The molecule has 0 spiro atoms. The molecule has 0 aliphatic carbocycles. The molecule has 3 heterocycles. The molecule has 5 rings (SSSR count). The van der Waals surface area contributed by atoms with Crippen molar-refractivity contribution >= 4 is 39.0 Å². The van der Waals surface area contributed by atoms with E-state index < -0.39 is 10.0 Å². The zero-order valence-electron chi connectivity index (χ0n) is 23.9. The highest BCUT2D eigenvalue weighted by molar-refractivity contribution is 7.89. The summed E-state index contributed by atoms with van der Waals surface area (Å²) in [7, 11) is 0.166. The lowest BCUT2D eigenvalue weighted by Crippen LogP contribution is -2.52. The molecule has 2 saturated heterocycles. The van der Waals surface area contributed by atoms with Gasteiger partial charge in [-0.2, -0.15) is 4.98 Å². The summed E-state index contributed by atoms with van der Waals surface area (Å²) in [5.41, 5.74) is 2.21. The number of aromatic nitrogens is 3. The lowest BCUT2D eigenvalue weighted by Gasteiger charge is -2.42. The maximum Gasteiger partial charge on any atom is 0.242 e. The number of piperazine rings is 1. The van der Waals surface area contributed by atoms with E-state index >= 15 is 0 Å². The van der Waals surface area contributed by atoms with E-state index in [1.165, 1.54) is 12.4 Å². The first kappa shape index (κ1) is 29.0. The number of benzene rings is 2. The number of sulfonamides is 1. The summed E-state index contributed by atoms with van der Waals surface area (Å²) in [4.78, 5) is 20.5. The molecule has 0 amide bonds. The van der Waals surface area contributed by atoms with E-state index in [0.29, 0.717) is 23.4 Å². The van der Waals surface area contributed by atoms with E-state index in [4.69, 9.17) is 4.74 Å². The van der Waals surface area contributed by atoms with E-state index in [9.17, 15) is 8.42 Å². The number of nitrogens with one attached hydrogen (secondary N) is 3. The monoisotopic (exact) mass is 581 g/mol. The molecule has 2 aliphatic rings. The molecule has 220 valence electrons. The van der Waals surface area contributed by atoms with Gasteiger partial charge in [0.25, 0.3) is 0 Å². The van der Waals surface area contributed by atoms with E-state index in [2.05, 4.69) is 58.1 Å². The number of rotatable bonds is 10. The quantitative estimate of drug-likeness (QED) is 0.327. The van der Waals surface area contributed by atoms with Crippen LogP contribution in [0.15, 0.2) is 53.7 Å². The van der Waals surface area contributed by atoms with Gasteiger partial charge in [0.2, 0.25) is 21.9 Å². The molecule has 0 radical (unpaired) electrons. The Kier molecular flexibility index (Phi) is 9.18. The molecule has 2 fully saturated rings. The van der Waals surface area contributed by atoms with Crippen LogP contribution in [0.3, 0.4) is 0 Å². The molecule has 0 saturated carbocycles. The third kappa shape index (κ3) is 7.04. The summed E-state index contributed by atoms with van der Waals surface area (Å²) >= 11 is 0.